The molecule has 2 N–H and O–H groups in total. The van der Waals surface area contributed by atoms with Crippen LogP contribution >= 0.6 is 15.9 Å². The van der Waals surface area contributed by atoms with Crippen LogP contribution in [0.3, 0.4) is 0 Å². The second-order valence-corrected chi connectivity index (χ2v) is 5.52. The summed E-state index contributed by atoms with van der Waals surface area (Å²) >= 11 is 3.28. The van der Waals surface area contributed by atoms with Crippen LogP contribution in [0.5, 0.6) is 5.75 Å². The molecule has 0 aliphatic rings. The molecule has 1 aromatic carbocycles. The van der Waals surface area contributed by atoms with E-state index in [1.807, 2.05) is 0 Å². The highest BCUT2D eigenvalue weighted by Gasteiger charge is 2.11. The minimum Gasteiger partial charge on any atom is -0.484 e. The van der Waals surface area contributed by atoms with Gasteiger partial charge in [0.15, 0.2) is 13.2 Å². The summed E-state index contributed by atoms with van der Waals surface area (Å²) in [6, 6.07) is 6.94. The summed E-state index contributed by atoms with van der Waals surface area (Å²) in [5.41, 5.74) is 4.27. The van der Waals surface area contributed by atoms with Gasteiger partial charge in [-0.05, 0) is 24.3 Å². The van der Waals surface area contributed by atoms with E-state index in [-0.39, 0.29) is 12.5 Å². The fraction of sp³-hybridized carbons (Fsp3) is 0.357. The van der Waals surface area contributed by atoms with Crippen LogP contribution in [0, 0.1) is 5.92 Å². The second kappa shape index (κ2) is 9.04. The number of nitrogens with one attached hydrogen (secondary N) is 2. The average molecular weight is 373 g/mol. The van der Waals surface area contributed by atoms with Crippen LogP contribution in [-0.4, -0.2) is 31.0 Å². The van der Waals surface area contributed by atoms with E-state index in [1.165, 1.54) is 0 Å². The third-order valence-corrected chi connectivity index (χ3v) is 2.87. The minimum atomic E-state index is -0.633. The fourth-order valence-corrected chi connectivity index (χ4v) is 1.46. The topological polar surface area (TPSA) is 93.7 Å². The fourth-order valence-electron chi connectivity index (χ4n) is 1.19. The van der Waals surface area contributed by atoms with E-state index in [0.717, 1.165) is 4.47 Å². The molecule has 0 heterocycles. The predicted molar refractivity (Wildman–Crippen MR) is 81.7 cm³/mol. The zero-order valence-corrected chi connectivity index (χ0v) is 13.8. The Bertz CT molecular complexity index is 531. The number of carbonyl (C=O) groups is 3. The van der Waals surface area contributed by atoms with E-state index in [2.05, 4.69) is 26.8 Å². The van der Waals surface area contributed by atoms with E-state index in [4.69, 9.17) is 9.47 Å². The summed E-state index contributed by atoms with van der Waals surface area (Å²) in [5, 5.41) is 0. The molecule has 0 aliphatic carbocycles. The maximum Gasteiger partial charge on any atom is 0.308 e. The van der Waals surface area contributed by atoms with Crippen LogP contribution < -0.4 is 15.6 Å². The number of esters is 1. The monoisotopic (exact) mass is 372 g/mol. The van der Waals surface area contributed by atoms with Crippen molar-refractivity contribution in [2.45, 2.75) is 13.8 Å². The summed E-state index contributed by atoms with van der Waals surface area (Å²) in [6.45, 7) is 2.60. The van der Waals surface area contributed by atoms with E-state index >= 15 is 0 Å². The van der Waals surface area contributed by atoms with Crippen molar-refractivity contribution in [2.75, 3.05) is 13.2 Å². The second-order valence-electron chi connectivity index (χ2n) is 4.60. The maximum atomic E-state index is 11.5. The Labute approximate surface area is 136 Å². The van der Waals surface area contributed by atoms with Crippen LogP contribution in [0.2, 0.25) is 0 Å². The number of hydrogen-bond donors (Lipinski definition) is 2. The first-order valence-corrected chi connectivity index (χ1v) is 7.30. The molecular weight excluding hydrogens is 356 g/mol. The van der Waals surface area contributed by atoms with Gasteiger partial charge in [0.2, 0.25) is 0 Å². The standard InChI is InChI=1S/C14H17BrN2O5/c1-9(2)14(20)22-8-13(19)17-16-12(18)7-21-11-5-3-10(15)4-6-11/h3-6,9H,7-8H2,1-2H3,(H,16,18)(H,17,19). The number of ether oxygens (including phenoxy) is 2. The Morgan fingerprint density at radius 2 is 1.59 bits per heavy atom. The Hall–Kier alpha value is -2.09. The molecule has 0 saturated heterocycles. The first-order chi connectivity index (χ1) is 10.4. The average Bonchev–Trinajstić information content (AvgIpc) is 2.49. The molecule has 8 heteroatoms. The highest BCUT2D eigenvalue weighted by atomic mass is 79.9. The van der Waals surface area contributed by atoms with E-state index in [0.29, 0.717) is 5.75 Å². The third-order valence-electron chi connectivity index (χ3n) is 2.34. The van der Waals surface area contributed by atoms with Gasteiger partial charge in [0.1, 0.15) is 5.75 Å². The summed E-state index contributed by atoms with van der Waals surface area (Å²) in [7, 11) is 0. The first-order valence-electron chi connectivity index (χ1n) is 6.51. The highest BCUT2D eigenvalue weighted by molar-refractivity contribution is 9.10. The van der Waals surface area contributed by atoms with Crippen molar-refractivity contribution in [1.29, 1.82) is 0 Å². The lowest BCUT2D eigenvalue weighted by Crippen LogP contribution is -2.45. The zero-order chi connectivity index (χ0) is 16.5. The molecule has 0 spiro atoms. The molecular formula is C14H17BrN2O5. The molecule has 0 radical (unpaired) electrons. The van der Waals surface area contributed by atoms with Gasteiger partial charge in [-0.15, -0.1) is 0 Å². The van der Waals surface area contributed by atoms with Crippen molar-refractivity contribution < 1.29 is 23.9 Å². The molecule has 2 amide bonds. The van der Waals surface area contributed by atoms with Crippen molar-refractivity contribution in [1.82, 2.24) is 10.9 Å². The van der Waals surface area contributed by atoms with Gasteiger partial charge in [0.05, 0.1) is 5.92 Å². The molecule has 0 atom stereocenters. The molecule has 0 aliphatic heterocycles. The maximum absolute atomic E-state index is 11.5. The van der Waals surface area contributed by atoms with Crippen molar-refractivity contribution in [2.24, 2.45) is 5.92 Å². The Kier molecular flexibility index (Phi) is 7.38. The number of benzene rings is 1. The Morgan fingerprint density at radius 1 is 1.05 bits per heavy atom. The SMILES string of the molecule is CC(C)C(=O)OCC(=O)NNC(=O)COc1ccc(Br)cc1. The summed E-state index contributed by atoms with van der Waals surface area (Å²) in [6.07, 6.45) is 0. The van der Waals surface area contributed by atoms with Crippen molar-refractivity contribution in [3.05, 3.63) is 28.7 Å². The molecule has 0 aromatic heterocycles. The summed E-state index contributed by atoms with van der Waals surface area (Å²) in [4.78, 5) is 34.0. The molecule has 1 aromatic rings. The van der Waals surface area contributed by atoms with Gasteiger partial charge in [-0.25, -0.2) is 0 Å². The van der Waals surface area contributed by atoms with E-state index in [1.54, 1.807) is 38.1 Å². The molecule has 0 fully saturated rings. The van der Waals surface area contributed by atoms with Gasteiger partial charge in [-0.2, -0.15) is 0 Å². The van der Waals surface area contributed by atoms with E-state index in [9.17, 15) is 14.4 Å². The lowest BCUT2D eigenvalue weighted by Gasteiger charge is -2.10. The van der Waals surface area contributed by atoms with Gasteiger partial charge < -0.3 is 9.47 Å². The van der Waals surface area contributed by atoms with Crippen LogP contribution in [0.15, 0.2) is 28.7 Å². The Morgan fingerprint density at radius 3 is 2.14 bits per heavy atom. The zero-order valence-electron chi connectivity index (χ0n) is 12.2. The molecule has 1 rings (SSSR count). The quantitative estimate of drug-likeness (QED) is 0.577. The van der Waals surface area contributed by atoms with Crippen LogP contribution in [0.25, 0.3) is 0 Å². The molecule has 0 saturated carbocycles. The molecule has 7 nitrogen and oxygen atoms in total. The van der Waals surface area contributed by atoms with Crippen LogP contribution in [0.1, 0.15) is 13.8 Å². The molecule has 22 heavy (non-hydrogen) atoms. The van der Waals surface area contributed by atoms with Crippen molar-refractivity contribution in [3.8, 4) is 5.75 Å². The summed E-state index contributed by atoms with van der Waals surface area (Å²) < 4.78 is 10.8. The lowest BCUT2D eigenvalue weighted by atomic mass is 10.2. The lowest BCUT2D eigenvalue weighted by molar-refractivity contribution is -0.152. The van der Waals surface area contributed by atoms with Crippen molar-refractivity contribution in [3.63, 3.8) is 0 Å². The Balaban J connectivity index is 2.21. The molecule has 0 unspecified atom stereocenters. The van der Waals surface area contributed by atoms with Gasteiger partial charge in [0, 0.05) is 4.47 Å². The van der Waals surface area contributed by atoms with Crippen LogP contribution in [-0.2, 0) is 19.1 Å². The largest absolute Gasteiger partial charge is 0.484 e. The molecule has 0 bridgehead atoms. The molecule has 120 valence electrons. The van der Waals surface area contributed by atoms with Crippen LogP contribution in [0.4, 0.5) is 0 Å². The van der Waals surface area contributed by atoms with Gasteiger partial charge >= 0.3 is 5.97 Å². The number of carbonyl (C=O) groups excluding carboxylic acids is 3. The van der Waals surface area contributed by atoms with Gasteiger partial charge in [0.25, 0.3) is 11.8 Å². The number of hydrazine groups is 1. The number of amides is 2. The van der Waals surface area contributed by atoms with Gasteiger partial charge in [-0.1, -0.05) is 29.8 Å². The minimum absolute atomic E-state index is 0.256. The third kappa shape index (κ3) is 7.07. The number of hydrogen-bond acceptors (Lipinski definition) is 5. The van der Waals surface area contributed by atoms with E-state index < -0.39 is 24.4 Å². The summed E-state index contributed by atoms with van der Waals surface area (Å²) in [5.74, 6) is -1.45. The number of halogens is 1. The normalized spacial score (nSPS) is 10.0. The smallest absolute Gasteiger partial charge is 0.308 e. The highest BCUT2D eigenvalue weighted by Crippen LogP contribution is 2.15. The van der Waals surface area contributed by atoms with Crippen molar-refractivity contribution >= 4 is 33.7 Å². The van der Waals surface area contributed by atoms with Gasteiger partial charge in [-0.3, -0.25) is 25.2 Å². The number of rotatable bonds is 6. The predicted octanol–water partition coefficient (Wildman–Crippen LogP) is 1.17. The first kappa shape index (κ1) is 18.0.